The number of halogens is 2. The molecule has 0 amide bonds. The van der Waals surface area contributed by atoms with Gasteiger partial charge in [0.25, 0.3) is 0 Å². The molecule has 0 aliphatic rings. The number of nitrogens with zero attached hydrogens (tertiary/aromatic N) is 2. The van der Waals surface area contributed by atoms with Crippen molar-refractivity contribution >= 4 is 21.6 Å². The van der Waals surface area contributed by atoms with E-state index in [2.05, 4.69) is 21.0 Å². The standard InChI is InChI=1S/C11H6BrFN2O/c12-9-10(7-1-3-8(13)4-2-7)14-15-5-6-16-11(9)15/h1-6H. The summed E-state index contributed by atoms with van der Waals surface area (Å²) in [5.41, 5.74) is 2.21. The molecule has 3 rings (SSSR count). The molecule has 0 N–H and O–H groups in total. The van der Waals surface area contributed by atoms with E-state index in [1.165, 1.54) is 12.1 Å². The molecule has 0 aliphatic heterocycles. The van der Waals surface area contributed by atoms with Gasteiger partial charge in [-0.25, -0.2) is 8.91 Å². The van der Waals surface area contributed by atoms with Gasteiger partial charge >= 0.3 is 0 Å². The van der Waals surface area contributed by atoms with Crippen LogP contribution in [0.25, 0.3) is 17.0 Å². The van der Waals surface area contributed by atoms with E-state index in [1.54, 1.807) is 29.1 Å². The number of hydrogen-bond acceptors (Lipinski definition) is 2. The van der Waals surface area contributed by atoms with E-state index in [0.717, 1.165) is 15.7 Å². The number of benzene rings is 1. The highest BCUT2D eigenvalue weighted by molar-refractivity contribution is 9.10. The molecular weight excluding hydrogens is 275 g/mol. The Morgan fingerprint density at radius 3 is 2.69 bits per heavy atom. The molecule has 0 bridgehead atoms. The van der Waals surface area contributed by atoms with Crippen LogP contribution in [0.1, 0.15) is 0 Å². The van der Waals surface area contributed by atoms with E-state index in [4.69, 9.17) is 4.42 Å². The average Bonchev–Trinajstić information content (AvgIpc) is 2.84. The Morgan fingerprint density at radius 2 is 2.00 bits per heavy atom. The van der Waals surface area contributed by atoms with Gasteiger partial charge in [0.1, 0.15) is 22.2 Å². The number of hydrogen-bond donors (Lipinski definition) is 0. The monoisotopic (exact) mass is 280 g/mol. The lowest BCUT2D eigenvalue weighted by molar-refractivity contribution is 0.604. The Labute approximate surface area is 98.6 Å². The zero-order valence-electron chi connectivity index (χ0n) is 8.02. The fraction of sp³-hybridized carbons (Fsp3) is 0. The van der Waals surface area contributed by atoms with Crippen LogP contribution in [0.5, 0.6) is 0 Å². The van der Waals surface area contributed by atoms with E-state index in [0.29, 0.717) is 5.71 Å². The van der Waals surface area contributed by atoms with Gasteiger partial charge in [0, 0.05) is 5.56 Å². The van der Waals surface area contributed by atoms with Crippen LogP contribution in [0.3, 0.4) is 0 Å². The Bertz CT molecular complexity index is 642. The van der Waals surface area contributed by atoms with Crippen molar-refractivity contribution < 1.29 is 8.81 Å². The van der Waals surface area contributed by atoms with E-state index >= 15 is 0 Å². The first kappa shape index (κ1) is 9.59. The van der Waals surface area contributed by atoms with Crippen molar-refractivity contribution in [1.29, 1.82) is 0 Å². The maximum Gasteiger partial charge on any atom is 0.236 e. The van der Waals surface area contributed by atoms with Crippen molar-refractivity contribution in [2.45, 2.75) is 0 Å². The van der Waals surface area contributed by atoms with Gasteiger partial charge in [0.15, 0.2) is 0 Å². The van der Waals surface area contributed by atoms with Gasteiger partial charge in [-0.15, -0.1) is 0 Å². The molecule has 0 unspecified atom stereocenters. The topological polar surface area (TPSA) is 30.4 Å². The van der Waals surface area contributed by atoms with Crippen LogP contribution in [-0.4, -0.2) is 9.61 Å². The highest BCUT2D eigenvalue weighted by atomic mass is 79.9. The lowest BCUT2D eigenvalue weighted by Crippen LogP contribution is -1.82. The highest BCUT2D eigenvalue weighted by Gasteiger charge is 2.14. The van der Waals surface area contributed by atoms with Crippen LogP contribution >= 0.6 is 15.9 Å². The molecule has 16 heavy (non-hydrogen) atoms. The fourth-order valence-electron chi connectivity index (χ4n) is 1.55. The molecule has 5 heteroatoms. The summed E-state index contributed by atoms with van der Waals surface area (Å²) in [5.74, 6) is -0.261. The Kier molecular flexibility index (Phi) is 2.07. The van der Waals surface area contributed by atoms with Crippen LogP contribution in [-0.2, 0) is 0 Å². The predicted octanol–water partition coefficient (Wildman–Crippen LogP) is 3.50. The lowest BCUT2D eigenvalue weighted by Gasteiger charge is -1.96. The van der Waals surface area contributed by atoms with Gasteiger partial charge in [-0.1, -0.05) is 0 Å². The quantitative estimate of drug-likeness (QED) is 0.683. The Morgan fingerprint density at radius 1 is 1.25 bits per heavy atom. The van der Waals surface area contributed by atoms with Crippen molar-refractivity contribution in [2.24, 2.45) is 0 Å². The summed E-state index contributed by atoms with van der Waals surface area (Å²) in [6.07, 6.45) is 3.27. The summed E-state index contributed by atoms with van der Waals surface area (Å²) < 4.78 is 20.4. The Balaban J connectivity index is 2.21. The second kappa shape index (κ2) is 3.45. The SMILES string of the molecule is Fc1ccc(-c2nn3ccoc3c2Br)cc1. The molecule has 0 fully saturated rings. The molecule has 1 aromatic carbocycles. The first-order valence-electron chi connectivity index (χ1n) is 4.63. The van der Waals surface area contributed by atoms with Gasteiger partial charge < -0.3 is 4.42 Å². The van der Waals surface area contributed by atoms with E-state index in [-0.39, 0.29) is 5.82 Å². The molecule has 2 heterocycles. The summed E-state index contributed by atoms with van der Waals surface area (Å²) in [5, 5.41) is 4.33. The number of rotatable bonds is 1. The molecule has 0 spiro atoms. The van der Waals surface area contributed by atoms with Gasteiger partial charge in [-0.05, 0) is 40.2 Å². The number of fused-ring (bicyclic) bond motifs is 1. The smallest absolute Gasteiger partial charge is 0.236 e. The molecule has 80 valence electrons. The minimum Gasteiger partial charge on any atom is -0.444 e. The zero-order chi connectivity index (χ0) is 11.1. The maximum atomic E-state index is 12.8. The van der Waals surface area contributed by atoms with E-state index in [9.17, 15) is 4.39 Å². The summed E-state index contributed by atoms with van der Waals surface area (Å²) in [6, 6.07) is 6.18. The molecule has 0 saturated heterocycles. The summed E-state index contributed by atoms with van der Waals surface area (Å²) in [7, 11) is 0. The first-order chi connectivity index (χ1) is 7.75. The molecule has 3 aromatic rings. The molecule has 2 aromatic heterocycles. The normalized spacial score (nSPS) is 11.1. The third-order valence-electron chi connectivity index (χ3n) is 2.31. The fourth-order valence-corrected chi connectivity index (χ4v) is 2.13. The van der Waals surface area contributed by atoms with Crippen LogP contribution in [0.4, 0.5) is 4.39 Å². The molecule has 0 radical (unpaired) electrons. The predicted molar refractivity (Wildman–Crippen MR) is 60.6 cm³/mol. The first-order valence-corrected chi connectivity index (χ1v) is 5.42. The molecule has 0 atom stereocenters. The van der Waals surface area contributed by atoms with Gasteiger partial charge in [-0.2, -0.15) is 5.10 Å². The third kappa shape index (κ3) is 1.36. The van der Waals surface area contributed by atoms with Crippen LogP contribution < -0.4 is 0 Å². The van der Waals surface area contributed by atoms with Gasteiger partial charge in [0.05, 0.1) is 6.20 Å². The maximum absolute atomic E-state index is 12.8. The summed E-state index contributed by atoms with van der Waals surface area (Å²) in [6.45, 7) is 0. The van der Waals surface area contributed by atoms with Crippen molar-refractivity contribution in [3.05, 3.63) is 47.0 Å². The van der Waals surface area contributed by atoms with Crippen LogP contribution in [0.2, 0.25) is 0 Å². The second-order valence-electron chi connectivity index (χ2n) is 3.32. The minimum atomic E-state index is -0.261. The van der Waals surface area contributed by atoms with Gasteiger partial charge in [-0.3, -0.25) is 0 Å². The largest absolute Gasteiger partial charge is 0.444 e. The van der Waals surface area contributed by atoms with Crippen LogP contribution in [0.15, 0.2) is 45.6 Å². The summed E-state index contributed by atoms with van der Waals surface area (Å²) >= 11 is 3.42. The summed E-state index contributed by atoms with van der Waals surface area (Å²) in [4.78, 5) is 0. The van der Waals surface area contributed by atoms with Crippen molar-refractivity contribution in [1.82, 2.24) is 9.61 Å². The van der Waals surface area contributed by atoms with Crippen molar-refractivity contribution in [3.8, 4) is 11.3 Å². The number of aromatic nitrogens is 2. The highest BCUT2D eigenvalue weighted by Crippen LogP contribution is 2.31. The third-order valence-corrected chi connectivity index (χ3v) is 3.03. The zero-order valence-corrected chi connectivity index (χ0v) is 9.61. The lowest BCUT2D eigenvalue weighted by atomic mass is 10.1. The molecule has 0 saturated carbocycles. The van der Waals surface area contributed by atoms with E-state index in [1.807, 2.05) is 0 Å². The van der Waals surface area contributed by atoms with Gasteiger partial charge in [0.2, 0.25) is 5.71 Å². The minimum absolute atomic E-state index is 0.261. The molecule has 0 aliphatic carbocycles. The average molecular weight is 281 g/mol. The Hall–Kier alpha value is -1.62. The molecule has 3 nitrogen and oxygen atoms in total. The van der Waals surface area contributed by atoms with Crippen LogP contribution in [0, 0.1) is 5.82 Å². The molecular formula is C11H6BrFN2O. The van der Waals surface area contributed by atoms with Crippen molar-refractivity contribution in [2.75, 3.05) is 0 Å². The number of oxazole rings is 1. The van der Waals surface area contributed by atoms with E-state index < -0.39 is 0 Å². The second-order valence-corrected chi connectivity index (χ2v) is 4.12. The van der Waals surface area contributed by atoms with Crippen molar-refractivity contribution in [3.63, 3.8) is 0 Å².